The molecule has 0 amide bonds. The molecule has 0 saturated heterocycles. The van der Waals surface area contributed by atoms with E-state index < -0.39 is 0 Å². The Balaban J connectivity index is 3.05. The van der Waals surface area contributed by atoms with Crippen molar-refractivity contribution in [2.24, 2.45) is 0 Å². The van der Waals surface area contributed by atoms with Gasteiger partial charge in [-0.2, -0.15) is 0 Å². The molecule has 0 aromatic rings. The van der Waals surface area contributed by atoms with E-state index in [1.807, 2.05) is 0 Å². The molecule has 13 heavy (non-hydrogen) atoms. The Morgan fingerprint density at radius 3 is 2.69 bits per heavy atom. The lowest BCUT2D eigenvalue weighted by atomic mass is 10.3. The molecule has 0 aliphatic carbocycles. The van der Waals surface area contributed by atoms with E-state index in [9.17, 15) is 0 Å². The van der Waals surface area contributed by atoms with Gasteiger partial charge in [0.15, 0.2) is 0 Å². The first kappa shape index (κ1) is 12.9. The van der Waals surface area contributed by atoms with Crippen LogP contribution in [0.15, 0.2) is 0 Å². The molecule has 0 spiro atoms. The van der Waals surface area contributed by atoms with Gasteiger partial charge in [0.25, 0.3) is 0 Å². The van der Waals surface area contributed by atoms with Crippen LogP contribution in [-0.4, -0.2) is 39.4 Å². The summed E-state index contributed by atoms with van der Waals surface area (Å²) < 4.78 is 4.97. The molecule has 0 rings (SSSR count). The fourth-order valence-electron chi connectivity index (χ4n) is 1.13. The summed E-state index contributed by atoms with van der Waals surface area (Å²) in [7, 11) is 1.74. The summed E-state index contributed by atoms with van der Waals surface area (Å²) in [5.41, 5.74) is 0. The monoisotopic (exact) mass is 188 g/mol. The van der Waals surface area contributed by atoms with Crippen molar-refractivity contribution in [3.63, 3.8) is 0 Å². The molecular weight excluding hydrogens is 164 g/mol. The standard InChI is InChI=1S/C10H24N2O/c1-4-6-11-9-10(2)12-7-5-8-13-3/h10-12H,4-9H2,1-3H3. The number of rotatable bonds is 9. The molecule has 0 saturated carbocycles. The number of nitrogens with one attached hydrogen (secondary N) is 2. The van der Waals surface area contributed by atoms with Crippen molar-refractivity contribution < 1.29 is 4.74 Å². The van der Waals surface area contributed by atoms with E-state index in [2.05, 4.69) is 24.5 Å². The number of hydrogen-bond donors (Lipinski definition) is 2. The molecular formula is C10H24N2O. The number of hydrogen-bond acceptors (Lipinski definition) is 3. The van der Waals surface area contributed by atoms with Crippen LogP contribution in [0.5, 0.6) is 0 Å². The van der Waals surface area contributed by atoms with E-state index >= 15 is 0 Å². The van der Waals surface area contributed by atoms with Gasteiger partial charge in [0.2, 0.25) is 0 Å². The molecule has 0 heterocycles. The second-order valence-corrected chi connectivity index (χ2v) is 3.41. The minimum Gasteiger partial charge on any atom is -0.385 e. The molecule has 0 radical (unpaired) electrons. The van der Waals surface area contributed by atoms with Crippen molar-refractivity contribution >= 4 is 0 Å². The Kier molecular flexibility index (Phi) is 9.87. The number of ether oxygens (including phenoxy) is 1. The van der Waals surface area contributed by atoms with Gasteiger partial charge in [-0.15, -0.1) is 0 Å². The lowest BCUT2D eigenvalue weighted by Crippen LogP contribution is -2.37. The summed E-state index contributed by atoms with van der Waals surface area (Å²) in [6, 6.07) is 0.559. The van der Waals surface area contributed by atoms with Crippen LogP contribution in [0, 0.1) is 0 Å². The van der Waals surface area contributed by atoms with Crippen LogP contribution in [0.2, 0.25) is 0 Å². The highest BCUT2D eigenvalue weighted by molar-refractivity contribution is 4.63. The highest BCUT2D eigenvalue weighted by atomic mass is 16.5. The van der Waals surface area contributed by atoms with E-state index in [1.165, 1.54) is 6.42 Å². The largest absolute Gasteiger partial charge is 0.385 e. The maximum absolute atomic E-state index is 4.97. The minimum atomic E-state index is 0.559. The van der Waals surface area contributed by atoms with Crippen LogP contribution in [0.1, 0.15) is 26.7 Å². The van der Waals surface area contributed by atoms with Gasteiger partial charge < -0.3 is 15.4 Å². The highest BCUT2D eigenvalue weighted by Gasteiger charge is 1.98. The van der Waals surface area contributed by atoms with Crippen molar-refractivity contribution in [2.45, 2.75) is 32.7 Å². The SMILES string of the molecule is CCCNCC(C)NCCCOC. The molecule has 0 bridgehead atoms. The Bertz CT molecular complexity index is 98.9. The summed E-state index contributed by atoms with van der Waals surface area (Å²) in [4.78, 5) is 0. The first-order chi connectivity index (χ1) is 6.31. The third-order valence-corrected chi connectivity index (χ3v) is 1.90. The van der Waals surface area contributed by atoms with E-state index in [1.54, 1.807) is 7.11 Å². The lowest BCUT2D eigenvalue weighted by molar-refractivity contribution is 0.193. The van der Waals surface area contributed by atoms with Gasteiger partial charge in [-0.3, -0.25) is 0 Å². The molecule has 0 aliphatic heterocycles. The molecule has 1 atom stereocenters. The van der Waals surface area contributed by atoms with Crippen LogP contribution >= 0.6 is 0 Å². The van der Waals surface area contributed by atoms with Crippen molar-refractivity contribution in [3.8, 4) is 0 Å². The predicted octanol–water partition coefficient (Wildman–Crippen LogP) is 1.00. The Morgan fingerprint density at radius 1 is 1.31 bits per heavy atom. The first-order valence-electron chi connectivity index (χ1n) is 5.24. The zero-order valence-corrected chi connectivity index (χ0v) is 9.23. The van der Waals surface area contributed by atoms with Gasteiger partial charge in [0.05, 0.1) is 0 Å². The maximum atomic E-state index is 4.97. The maximum Gasteiger partial charge on any atom is 0.0474 e. The van der Waals surface area contributed by atoms with Crippen LogP contribution in [0.3, 0.4) is 0 Å². The van der Waals surface area contributed by atoms with E-state index in [-0.39, 0.29) is 0 Å². The summed E-state index contributed by atoms with van der Waals surface area (Å²) in [6.45, 7) is 8.45. The minimum absolute atomic E-state index is 0.559. The van der Waals surface area contributed by atoms with Crippen molar-refractivity contribution in [1.82, 2.24) is 10.6 Å². The lowest BCUT2D eigenvalue weighted by Gasteiger charge is -2.13. The van der Waals surface area contributed by atoms with Crippen molar-refractivity contribution in [3.05, 3.63) is 0 Å². The van der Waals surface area contributed by atoms with Gasteiger partial charge in [0, 0.05) is 26.3 Å². The quantitative estimate of drug-likeness (QED) is 0.530. The van der Waals surface area contributed by atoms with Gasteiger partial charge in [-0.25, -0.2) is 0 Å². The average molecular weight is 188 g/mol. The highest BCUT2D eigenvalue weighted by Crippen LogP contribution is 1.82. The Morgan fingerprint density at radius 2 is 2.08 bits per heavy atom. The van der Waals surface area contributed by atoms with Crippen molar-refractivity contribution in [1.29, 1.82) is 0 Å². The van der Waals surface area contributed by atoms with E-state index in [0.717, 1.165) is 32.7 Å². The zero-order valence-electron chi connectivity index (χ0n) is 9.23. The summed E-state index contributed by atoms with van der Waals surface area (Å²) >= 11 is 0. The molecule has 0 aliphatic rings. The smallest absolute Gasteiger partial charge is 0.0474 e. The molecule has 2 N–H and O–H groups in total. The molecule has 0 aromatic carbocycles. The Hall–Kier alpha value is -0.120. The average Bonchev–Trinajstić information content (AvgIpc) is 2.13. The van der Waals surface area contributed by atoms with Gasteiger partial charge in [0.1, 0.15) is 0 Å². The summed E-state index contributed by atoms with van der Waals surface area (Å²) in [5.74, 6) is 0. The number of methoxy groups -OCH3 is 1. The third kappa shape index (κ3) is 9.80. The predicted molar refractivity (Wildman–Crippen MR) is 57.1 cm³/mol. The fraction of sp³-hybridized carbons (Fsp3) is 1.00. The molecule has 3 heteroatoms. The van der Waals surface area contributed by atoms with E-state index in [0.29, 0.717) is 6.04 Å². The van der Waals surface area contributed by atoms with Crippen LogP contribution in [-0.2, 0) is 4.74 Å². The summed E-state index contributed by atoms with van der Waals surface area (Å²) in [6.07, 6.45) is 2.30. The van der Waals surface area contributed by atoms with Gasteiger partial charge in [-0.05, 0) is 32.9 Å². The van der Waals surface area contributed by atoms with Crippen LogP contribution < -0.4 is 10.6 Å². The normalized spacial score (nSPS) is 13.2. The molecule has 0 fully saturated rings. The molecule has 0 aromatic heterocycles. The molecule has 1 unspecified atom stereocenters. The fourth-order valence-corrected chi connectivity index (χ4v) is 1.13. The molecule has 3 nitrogen and oxygen atoms in total. The zero-order chi connectivity index (χ0) is 9.94. The topological polar surface area (TPSA) is 33.3 Å². The van der Waals surface area contributed by atoms with Crippen molar-refractivity contribution in [2.75, 3.05) is 33.4 Å². The van der Waals surface area contributed by atoms with Crippen LogP contribution in [0.4, 0.5) is 0 Å². The van der Waals surface area contributed by atoms with Gasteiger partial charge >= 0.3 is 0 Å². The third-order valence-electron chi connectivity index (χ3n) is 1.90. The second-order valence-electron chi connectivity index (χ2n) is 3.41. The molecule has 80 valence electrons. The second kappa shape index (κ2) is 9.96. The van der Waals surface area contributed by atoms with Gasteiger partial charge in [-0.1, -0.05) is 6.92 Å². The first-order valence-corrected chi connectivity index (χ1v) is 5.24. The van der Waals surface area contributed by atoms with Crippen LogP contribution in [0.25, 0.3) is 0 Å². The Labute approximate surface area is 82.2 Å². The van der Waals surface area contributed by atoms with E-state index in [4.69, 9.17) is 4.74 Å². The summed E-state index contributed by atoms with van der Waals surface area (Å²) in [5, 5.41) is 6.82.